The molecule has 1 heterocycles. The molecule has 3 N–H and O–H groups in total. The normalized spacial score (nSPS) is 12.5. The lowest BCUT2D eigenvalue weighted by atomic mass is 10.1. The Morgan fingerprint density at radius 1 is 1.08 bits per heavy atom. The van der Waals surface area contributed by atoms with Crippen LogP contribution in [0, 0.1) is 0 Å². The van der Waals surface area contributed by atoms with Gasteiger partial charge < -0.3 is 20.7 Å². The second kappa shape index (κ2) is 6.41. The van der Waals surface area contributed by atoms with E-state index in [9.17, 15) is 14.4 Å². The number of nitrogens with one attached hydrogen (secondary N) is 3. The molecule has 0 aromatic heterocycles. The number of rotatable bonds is 3. The molecule has 1 aliphatic rings. The molecule has 3 amide bonds. The van der Waals surface area contributed by atoms with E-state index in [4.69, 9.17) is 4.74 Å². The van der Waals surface area contributed by atoms with Gasteiger partial charge in [0.1, 0.15) is 5.75 Å². The molecule has 0 aliphatic carbocycles. The Morgan fingerprint density at radius 2 is 1.79 bits per heavy atom. The SMILES string of the molecule is CC(=O)Nc1cccc(NC(=O)c2cccc3c2NC(=O)CO3)c1. The van der Waals surface area contributed by atoms with Gasteiger partial charge in [-0.05, 0) is 30.3 Å². The summed E-state index contributed by atoms with van der Waals surface area (Å²) < 4.78 is 5.30. The molecule has 122 valence electrons. The van der Waals surface area contributed by atoms with Crippen LogP contribution in [-0.2, 0) is 9.59 Å². The minimum absolute atomic E-state index is 0.0726. The first-order valence-electron chi connectivity index (χ1n) is 7.27. The third-order valence-corrected chi connectivity index (χ3v) is 3.33. The van der Waals surface area contributed by atoms with E-state index >= 15 is 0 Å². The van der Waals surface area contributed by atoms with E-state index in [1.165, 1.54) is 6.92 Å². The maximum atomic E-state index is 12.5. The van der Waals surface area contributed by atoms with E-state index in [-0.39, 0.29) is 18.4 Å². The van der Waals surface area contributed by atoms with Gasteiger partial charge >= 0.3 is 0 Å². The Bertz CT molecular complexity index is 832. The smallest absolute Gasteiger partial charge is 0.262 e. The standard InChI is InChI=1S/C17H15N3O4/c1-10(21)18-11-4-2-5-12(8-11)19-17(23)13-6-3-7-14-16(13)20-15(22)9-24-14/h2-8H,9H2,1H3,(H,18,21)(H,19,23)(H,20,22). The second-order valence-electron chi connectivity index (χ2n) is 5.23. The minimum atomic E-state index is -0.391. The largest absolute Gasteiger partial charge is 0.482 e. The molecule has 24 heavy (non-hydrogen) atoms. The summed E-state index contributed by atoms with van der Waals surface area (Å²) in [6.45, 7) is 1.33. The molecular formula is C17H15N3O4. The fourth-order valence-corrected chi connectivity index (χ4v) is 2.36. The average molecular weight is 325 g/mol. The first kappa shape index (κ1) is 15.5. The molecule has 0 spiro atoms. The summed E-state index contributed by atoms with van der Waals surface area (Å²) in [4.78, 5) is 35.1. The third kappa shape index (κ3) is 3.35. The van der Waals surface area contributed by atoms with Crippen LogP contribution in [0.5, 0.6) is 5.75 Å². The van der Waals surface area contributed by atoms with Gasteiger partial charge in [-0.2, -0.15) is 0 Å². The summed E-state index contributed by atoms with van der Waals surface area (Å²) in [5.74, 6) is -0.447. The van der Waals surface area contributed by atoms with Crippen molar-refractivity contribution in [1.29, 1.82) is 0 Å². The van der Waals surface area contributed by atoms with E-state index < -0.39 is 5.91 Å². The zero-order chi connectivity index (χ0) is 17.1. The topological polar surface area (TPSA) is 96.5 Å². The lowest BCUT2D eigenvalue weighted by Gasteiger charge is -2.20. The van der Waals surface area contributed by atoms with Crippen LogP contribution in [0.15, 0.2) is 42.5 Å². The van der Waals surface area contributed by atoms with Crippen molar-refractivity contribution in [2.75, 3.05) is 22.6 Å². The van der Waals surface area contributed by atoms with Gasteiger partial charge in [0, 0.05) is 18.3 Å². The van der Waals surface area contributed by atoms with Crippen molar-refractivity contribution in [3.05, 3.63) is 48.0 Å². The molecule has 2 aromatic rings. The van der Waals surface area contributed by atoms with Crippen molar-refractivity contribution >= 4 is 34.8 Å². The summed E-state index contributed by atoms with van der Waals surface area (Å²) in [5, 5.41) is 8.04. The molecule has 1 aliphatic heterocycles. The second-order valence-corrected chi connectivity index (χ2v) is 5.23. The summed E-state index contributed by atoms with van der Waals surface area (Å²) >= 11 is 0. The van der Waals surface area contributed by atoms with E-state index in [1.807, 2.05) is 0 Å². The molecule has 2 aromatic carbocycles. The van der Waals surface area contributed by atoms with Crippen molar-refractivity contribution < 1.29 is 19.1 Å². The monoisotopic (exact) mass is 325 g/mol. The van der Waals surface area contributed by atoms with Crippen LogP contribution >= 0.6 is 0 Å². The molecule has 3 rings (SSSR count). The third-order valence-electron chi connectivity index (χ3n) is 3.33. The first-order valence-corrected chi connectivity index (χ1v) is 7.27. The molecule has 0 saturated heterocycles. The predicted molar refractivity (Wildman–Crippen MR) is 89.3 cm³/mol. The molecular weight excluding hydrogens is 310 g/mol. The molecule has 7 heteroatoms. The molecule has 0 unspecified atom stereocenters. The highest BCUT2D eigenvalue weighted by Gasteiger charge is 2.22. The van der Waals surface area contributed by atoms with Gasteiger partial charge in [0.05, 0.1) is 11.3 Å². The fraction of sp³-hybridized carbons (Fsp3) is 0.118. The van der Waals surface area contributed by atoms with Crippen LogP contribution in [0.25, 0.3) is 0 Å². The number of fused-ring (bicyclic) bond motifs is 1. The van der Waals surface area contributed by atoms with Gasteiger partial charge in [0.25, 0.3) is 11.8 Å². The number of amides is 3. The average Bonchev–Trinajstić information content (AvgIpc) is 2.53. The summed E-state index contributed by atoms with van der Waals surface area (Å²) in [5.41, 5.74) is 1.74. The number of benzene rings is 2. The maximum absolute atomic E-state index is 12.5. The lowest BCUT2D eigenvalue weighted by Crippen LogP contribution is -2.27. The molecule has 7 nitrogen and oxygen atoms in total. The number of carbonyl (C=O) groups is 3. The van der Waals surface area contributed by atoms with Gasteiger partial charge in [0.2, 0.25) is 5.91 Å². The van der Waals surface area contributed by atoms with Crippen LogP contribution in [0.4, 0.5) is 17.1 Å². The zero-order valence-corrected chi connectivity index (χ0v) is 12.9. The van der Waals surface area contributed by atoms with Crippen LogP contribution in [-0.4, -0.2) is 24.3 Å². The van der Waals surface area contributed by atoms with Gasteiger partial charge in [-0.3, -0.25) is 14.4 Å². The maximum Gasteiger partial charge on any atom is 0.262 e. The summed E-state index contributed by atoms with van der Waals surface area (Å²) in [7, 11) is 0. The Kier molecular flexibility index (Phi) is 4.15. The number of para-hydroxylation sites is 1. The Hall–Kier alpha value is -3.35. The zero-order valence-electron chi connectivity index (χ0n) is 12.9. The van der Waals surface area contributed by atoms with Gasteiger partial charge in [-0.25, -0.2) is 0 Å². The van der Waals surface area contributed by atoms with Crippen molar-refractivity contribution in [2.24, 2.45) is 0 Å². The molecule has 0 radical (unpaired) electrons. The predicted octanol–water partition coefficient (Wildman–Crippen LogP) is 2.23. The van der Waals surface area contributed by atoms with Crippen LogP contribution in [0.1, 0.15) is 17.3 Å². The van der Waals surface area contributed by atoms with Crippen molar-refractivity contribution in [3.8, 4) is 5.75 Å². The van der Waals surface area contributed by atoms with Crippen LogP contribution in [0.2, 0.25) is 0 Å². The highest BCUT2D eigenvalue weighted by atomic mass is 16.5. The number of hydrogen-bond acceptors (Lipinski definition) is 4. The molecule has 0 atom stereocenters. The number of ether oxygens (including phenoxy) is 1. The molecule has 0 saturated carbocycles. The van der Waals surface area contributed by atoms with Crippen LogP contribution in [0.3, 0.4) is 0 Å². The highest BCUT2D eigenvalue weighted by molar-refractivity contribution is 6.12. The highest BCUT2D eigenvalue weighted by Crippen LogP contribution is 2.31. The minimum Gasteiger partial charge on any atom is -0.482 e. The Balaban J connectivity index is 1.83. The van der Waals surface area contributed by atoms with E-state index in [2.05, 4.69) is 16.0 Å². The summed E-state index contributed by atoms with van der Waals surface area (Å²) in [6, 6.07) is 11.7. The van der Waals surface area contributed by atoms with E-state index in [0.29, 0.717) is 28.4 Å². The lowest BCUT2D eigenvalue weighted by molar-refractivity contribution is -0.118. The van der Waals surface area contributed by atoms with Crippen molar-refractivity contribution in [1.82, 2.24) is 0 Å². The van der Waals surface area contributed by atoms with Crippen molar-refractivity contribution in [2.45, 2.75) is 6.92 Å². The first-order chi connectivity index (χ1) is 11.5. The number of carbonyl (C=O) groups excluding carboxylic acids is 3. The Morgan fingerprint density at radius 3 is 2.54 bits per heavy atom. The molecule has 0 bridgehead atoms. The number of anilines is 3. The van der Waals surface area contributed by atoms with E-state index in [1.54, 1.807) is 42.5 Å². The molecule has 0 fully saturated rings. The van der Waals surface area contributed by atoms with Crippen LogP contribution < -0.4 is 20.7 Å². The van der Waals surface area contributed by atoms with Gasteiger partial charge in [-0.15, -0.1) is 0 Å². The number of hydrogen-bond donors (Lipinski definition) is 3. The van der Waals surface area contributed by atoms with Gasteiger partial charge in [0.15, 0.2) is 6.61 Å². The van der Waals surface area contributed by atoms with Crippen molar-refractivity contribution in [3.63, 3.8) is 0 Å². The fourth-order valence-electron chi connectivity index (χ4n) is 2.36. The van der Waals surface area contributed by atoms with Gasteiger partial charge in [-0.1, -0.05) is 12.1 Å². The Labute approximate surface area is 138 Å². The quantitative estimate of drug-likeness (QED) is 0.806. The summed E-state index contributed by atoms with van der Waals surface area (Å²) in [6.07, 6.45) is 0. The van der Waals surface area contributed by atoms with E-state index in [0.717, 1.165) is 0 Å².